The van der Waals surface area contributed by atoms with Gasteiger partial charge >= 0.3 is 0 Å². The van der Waals surface area contributed by atoms with Crippen molar-refractivity contribution in [1.29, 1.82) is 0 Å². The normalized spacial score (nSPS) is 16.9. The summed E-state index contributed by atoms with van der Waals surface area (Å²) < 4.78 is 0. The zero-order valence-corrected chi connectivity index (χ0v) is 11.6. The van der Waals surface area contributed by atoms with Crippen LogP contribution in [0.5, 0.6) is 0 Å². The molecule has 1 aliphatic rings. The summed E-state index contributed by atoms with van der Waals surface area (Å²) in [5.74, 6) is 1.10. The van der Waals surface area contributed by atoms with E-state index >= 15 is 0 Å². The Balaban J connectivity index is 2.37. The maximum atomic E-state index is 2.39. The average Bonchev–Trinajstić information content (AvgIpc) is 2.66. The lowest BCUT2D eigenvalue weighted by Gasteiger charge is -2.18. The van der Waals surface area contributed by atoms with Crippen LogP contribution >= 0.6 is 23.5 Å². The largest absolute Gasteiger partial charge is 0.336 e. The molecular weight excluding hydrogens is 234 g/mol. The van der Waals surface area contributed by atoms with Crippen molar-refractivity contribution in [2.45, 2.75) is 24.5 Å². The first kappa shape index (κ1) is 11.9. The minimum absolute atomic E-state index is 1.04. The van der Waals surface area contributed by atoms with Gasteiger partial charge in [0.1, 0.15) is 0 Å². The van der Waals surface area contributed by atoms with E-state index in [-0.39, 0.29) is 0 Å². The number of allylic oxidation sites excluding steroid dienone is 1. The van der Waals surface area contributed by atoms with Gasteiger partial charge in [0.05, 0.1) is 10.7 Å². The maximum Gasteiger partial charge on any atom is 0.0757 e. The Labute approximate surface area is 106 Å². The van der Waals surface area contributed by atoms with Gasteiger partial charge in [0, 0.05) is 17.2 Å². The molecule has 1 aliphatic heterocycles. The van der Waals surface area contributed by atoms with Gasteiger partial charge in [0.15, 0.2) is 0 Å². The van der Waals surface area contributed by atoms with E-state index in [2.05, 4.69) is 49.3 Å². The summed E-state index contributed by atoms with van der Waals surface area (Å²) in [6.45, 7) is 5.36. The molecule has 0 saturated carbocycles. The molecule has 0 fully saturated rings. The highest BCUT2D eigenvalue weighted by atomic mass is 32.2. The van der Waals surface area contributed by atoms with Crippen molar-refractivity contribution < 1.29 is 0 Å². The molecule has 3 heteroatoms. The maximum absolute atomic E-state index is 2.39. The molecule has 0 N–H and O–H groups in total. The zero-order valence-electron chi connectivity index (χ0n) is 9.99. The van der Waals surface area contributed by atoms with Crippen molar-refractivity contribution in [3.63, 3.8) is 0 Å². The van der Waals surface area contributed by atoms with Gasteiger partial charge in [-0.15, -0.1) is 0 Å². The van der Waals surface area contributed by atoms with Crippen LogP contribution in [0.1, 0.15) is 19.4 Å². The topological polar surface area (TPSA) is 3.24 Å². The summed E-state index contributed by atoms with van der Waals surface area (Å²) in [5.41, 5.74) is 2.80. The molecule has 2 rings (SSSR count). The Morgan fingerprint density at radius 3 is 2.88 bits per heavy atom. The highest BCUT2D eigenvalue weighted by molar-refractivity contribution is 8.03. The molecule has 0 bridgehead atoms. The molecule has 1 aromatic rings. The molecule has 0 aromatic heterocycles. The number of nitrogens with zero attached hydrogens (tertiary/aromatic N) is 1. The van der Waals surface area contributed by atoms with E-state index in [0.29, 0.717) is 0 Å². The second kappa shape index (κ2) is 5.19. The highest BCUT2D eigenvalue weighted by Gasteiger charge is 2.23. The Hall–Kier alpha value is -0.540. The van der Waals surface area contributed by atoms with Gasteiger partial charge in [-0.25, -0.2) is 0 Å². The van der Waals surface area contributed by atoms with Crippen LogP contribution in [0.25, 0.3) is 0 Å². The van der Waals surface area contributed by atoms with E-state index in [1.165, 1.54) is 21.2 Å². The lowest BCUT2D eigenvalue weighted by Crippen LogP contribution is -2.16. The molecule has 1 heterocycles. The molecule has 1 nitrogen and oxygen atoms in total. The third kappa shape index (κ3) is 2.11. The molecule has 0 saturated heterocycles. The SMILES string of the molecule is CC=C1Sc2ccc(CSC)cc2N1CC. The molecule has 0 aliphatic carbocycles. The number of thioether (sulfide) groups is 2. The molecule has 1 aromatic carbocycles. The Bertz CT molecular complexity index is 412. The summed E-state index contributed by atoms with van der Waals surface area (Å²) in [4.78, 5) is 3.78. The summed E-state index contributed by atoms with van der Waals surface area (Å²) >= 11 is 3.75. The van der Waals surface area contributed by atoms with Crippen LogP contribution in [0.4, 0.5) is 5.69 Å². The van der Waals surface area contributed by atoms with Crippen LogP contribution in [0.15, 0.2) is 34.2 Å². The minimum atomic E-state index is 1.04. The lowest BCUT2D eigenvalue weighted by atomic mass is 10.2. The number of hydrogen-bond donors (Lipinski definition) is 0. The first-order valence-corrected chi connectivity index (χ1v) is 7.74. The molecule has 16 heavy (non-hydrogen) atoms. The first-order valence-electron chi connectivity index (χ1n) is 5.53. The summed E-state index contributed by atoms with van der Waals surface area (Å²) in [7, 11) is 0. The Kier molecular flexibility index (Phi) is 3.87. The predicted molar refractivity (Wildman–Crippen MR) is 76.3 cm³/mol. The highest BCUT2D eigenvalue weighted by Crippen LogP contribution is 2.46. The van der Waals surface area contributed by atoms with Crippen LogP contribution < -0.4 is 4.90 Å². The molecule has 0 atom stereocenters. The number of fused-ring (bicyclic) bond motifs is 1. The monoisotopic (exact) mass is 251 g/mol. The molecular formula is C13H17NS2. The van der Waals surface area contributed by atoms with Gasteiger partial charge in [-0.3, -0.25) is 0 Å². The van der Waals surface area contributed by atoms with Crippen LogP contribution in [-0.2, 0) is 5.75 Å². The third-order valence-corrected chi connectivity index (χ3v) is 4.52. The predicted octanol–water partition coefficient (Wildman–Crippen LogP) is 4.34. The Morgan fingerprint density at radius 2 is 2.25 bits per heavy atom. The molecule has 86 valence electrons. The number of anilines is 1. The quantitative estimate of drug-likeness (QED) is 0.786. The lowest BCUT2D eigenvalue weighted by molar-refractivity contribution is 0.998. The second-order valence-electron chi connectivity index (χ2n) is 3.71. The van der Waals surface area contributed by atoms with E-state index in [1.807, 2.05) is 23.5 Å². The van der Waals surface area contributed by atoms with Gasteiger partial charge < -0.3 is 4.90 Å². The van der Waals surface area contributed by atoms with Crippen molar-refractivity contribution in [2.75, 3.05) is 17.7 Å². The smallest absolute Gasteiger partial charge is 0.0757 e. The van der Waals surface area contributed by atoms with Gasteiger partial charge in [0.25, 0.3) is 0 Å². The number of benzene rings is 1. The van der Waals surface area contributed by atoms with Crippen molar-refractivity contribution in [3.8, 4) is 0 Å². The first-order chi connectivity index (χ1) is 7.80. The van der Waals surface area contributed by atoms with Crippen LogP contribution in [-0.4, -0.2) is 12.8 Å². The van der Waals surface area contributed by atoms with Crippen LogP contribution in [0.2, 0.25) is 0 Å². The molecule has 0 spiro atoms. The standard InChI is InChI=1S/C13H17NS2/c1-4-13-14(5-2)11-8-10(9-15-3)6-7-12(11)16-13/h4,6-8H,5,9H2,1-3H3. The van der Waals surface area contributed by atoms with E-state index in [9.17, 15) is 0 Å². The molecule has 0 unspecified atom stereocenters. The zero-order chi connectivity index (χ0) is 11.5. The van der Waals surface area contributed by atoms with Gasteiger partial charge in [-0.2, -0.15) is 11.8 Å². The van der Waals surface area contributed by atoms with Crippen LogP contribution in [0, 0.1) is 0 Å². The fraction of sp³-hybridized carbons (Fsp3) is 0.385. The van der Waals surface area contributed by atoms with Crippen molar-refractivity contribution in [1.82, 2.24) is 0 Å². The van der Waals surface area contributed by atoms with Crippen LogP contribution in [0.3, 0.4) is 0 Å². The van der Waals surface area contributed by atoms with E-state index in [0.717, 1.165) is 12.3 Å². The number of rotatable bonds is 3. The third-order valence-electron chi connectivity index (χ3n) is 2.67. The fourth-order valence-electron chi connectivity index (χ4n) is 1.94. The fourth-order valence-corrected chi connectivity index (χ4v) is 3.55. The number of hydrogen-bond acceptors (Lipinski definition) is 3. The van der Waals surface area contributed by atoms with Gasteiger partial charge in [0.2, 0.25) is 0 Å². The second-order valence-corrected chi connectivity index (χ2v) is 5.64. The van der Waals surface area contributed by atoms with Crippen molar-refractivity contribution in [3.05, 3.63) is 34.9 Å². The van der Waals surface area contributed by atoms with Gasteiger partial charge in [-0.05, 0) is 37.8 Å². The summed E-state index contributed by atoms with van der Waals surface area (Å²) in [5, 5.41) is 1.36. The van der Waals surface area contributed by atoms with Crippen molar-refractivity contribution >= 4 is 29.2 Å². The van der Waals surface area contributed by atoms with E-state index in [4.69, 9.17) is 0 Å². The van der Waals surface area contributed by atoms with E-state index < -0.39 is 0 Å². The van der Waals surface area contributed by atoms with Gasteiger partial charge in [-0.1, -0.05) is 23.9 Å². The average molecular weight is 251 g/mol. The summed E-state index contributed by atoms with van der Waals surface area (Å²) in [6, 6.07) is 6.83. The molecule has 0 radical (unpaired) electrons. The summed E-state index contributed by atoms with van der Waals surface area (Å²) in [6.07, 6.45) is 4.35. The minimum Gasteiger partial charge on any atom is -0.336 e. The van der Waals surface area contributed by atoms with Crippen molar-refractivity contribution in [2.24, 2.45) is 0 Å². The van der Waals surface area contributed by atoms with E-state index in [1.54, 1.807) is 0 Å². The molecule has 0 amide bonds. The Morgan fingerprint density at radius 1 is 1.44 bits per heavy atom.